The van der Waals surface area contributed by atoms with Gasteiger partial charge in [0, 0.05) is 32.1 Å². The number of piperidine rings is 1. The van der Waals surface area contributed by atoms with Crippen LogP contribution in [0.15, 0.2) is 0 Å². The Balaban J connectivity index is 2.38. The van der Waals surface area contributed by atoms with Crippen molar-refractivity contribution in [3.8, 4) is 0 Å². The predicted molar refractivity (Wildman–Crippen MR) is 80.4 cm³/mol. The van der Waals surface area contributed by atoms with Crippen molar-refractivity contribution < 1.29 is 9.59 Å². The van der Waals surface area contributed by atoms with E-state index in [9.17, 15) is 9.59 Å². The number of rotatable bonds is 7. The number of nitrogens with zero attached hydrogens (tertiary/aromatic N) is 1. The van der Waals surface area contributed by atoms with E-state index in [2.05, 4.69) is 24.5 Å². The fourth-order valence-corrected chi connectivity index (χ4v) is 2.61. The number of amides is 2. The van der Waals surface area contributed by atoms with Gasteiger partial charge in [0.15, 0.2) is 0 Å². The number of nitrogens with one attached hydrogen (secondary N) is 2. The Labute approximate surface area is 122 Å². The largest absolute Gasteiger partial charge is 0.354 e. The van der Waals surface area contributed by atoms with Crippen LogP contribution in [0.3, 0.4) is 0 Å². The van der Waals surface area contributed by atoms with Crippen molar-refractivity contribution in [2.24, 2.45) is 5.92 Å². The van der Waals surface area contributed by atoms with Gasteiger partial charge in [0.05, 0.1) is 5.92 Å². The van der Waals surface area contributed by atoms with E-state index in [4.69, 9.17) is 0 Å². The molecule has 2 amide bonds. The van der Waals surface area contributed by atoms with Gasteiger partial charge in [-0.15, -0.1) is 0 Å². The van der Waals surface area contributed by atoms with Crippen LogP contribution >= 0.6 is 0 Å². The maximum absolute atomic E-state index is 12.2. The molecule has 2 N–H and O–H groups in total. The van der Waals surface area contributed by atoms with Crippen LogP contribution in [0.4, 0.5) is 0 Å². The third-order valence-electron chi connectivity index (χ3n) is 3.74. The molecule has 2 atom stereocenters. The van der Waals surface area contributed by atoms with Crippen molar-refractivity contribution in [2.45, 2.75) is 52.5 Å². The number of likely N-dealkylation sites (tertiary alicyclic amines) is 1. The minimum absolute atomic E-state index is 0.0432. The number of hydrogen-bond donors (Lipinski definition) is 2. The summed E-state index contributed by atoms with van der Waals surface area (Å²) in [6.07, 6.45) is 3.27. The SMILES string of the molecule is CCCC(=O)N1CCCC(C(=O)NC[C@@H](C)NCC)C1. The zero-order valence-electron chi connectivity index (χ0n) is 13.1. The van der Waals surface area contributed by atoms with Crippen LogP contribution in [0.25, 0.3) is 0 Å². The summed E-state index contributed by atoms with van der Waals surface area (Å²) in [5, 5.41) is 6.26. The molecule has 1 heterocycles. The van der Waals surface area contributed by atoms with Crippen LogP contribution in [0.5, 0.6) is 0 Å². The summed E-state index contributed by atoms with van der Waals surface area (Å²) in [5.74, 6) is 0.230. The van der Waals surface area contributed by atoms with E-state index in [0.717, 1.165) is 32.4 Å². The Kier molecular flexibility index (Phi) is 7.59. The fraction of sp³-hybridized carbons (Fsp3) is 0.867. The highest BCUT2D eigenvalue weighted by molar-refractivity contribution is 5.81. The highest BCUT2D eigenvalue weighted by Gasteiger charge is 2.27. The van der Waals surface area contributed by atoms with E-state index in [1.54, 1.807) is 0 Å². The summed E-state index contributed by atoms with van der Waals surface area (Å²) in [5.41, 5.74) is 0. The molecule has 1 rings (SSSR count). The van der Waals surface area contributed by atoms with Gasteiger partial charge in [-0.3, -0.25) is 9.59 Å². The molecule has 1 aliphatic rings. The summed E-state index contributed by atoms with van der Waals surface area (Å²) in [7, 11) is 0. The van der Waals surface area contributed by atoms with Gasteiger partial charge >= 0.3 is 0 Å². The van der Waals surface area contributed by atoms with Crippen molar-refractivity contribution in [1.29, 1.82) is 0 Å². The van der Waals surface area contributed by atoms with Crippen LogP contribution in [0.2, 0.25) is 0 Å². The highest BCUT2D eigenvalue weighted by Crippen LogP contribution is 2.17. The first kappa shape index (κ1) is 17.0. The maximum Gasteiger partial charge on any atom is 0.224 e. The van der Waals surface area contributed by atoms with Crippen LogP contribution in [-0.4, -0.2) is 48.9 Å². The second-order valence-electron chi connectivity index (χ2n) is 5.63. The molecule has 1 fully saturated rings. The van der Waals surface area contributed by atoms with Gasteiger partial charge in [-0.1, -0.05) is 13.8 Å². The second-order valence-corrected chi connectivity index (χ2v) is 5.63. The monoisotopic (exact) mass is 283 g/mol. The minimum atomic E-state index is -0.0432. The molecule has 20 heavy (non-hydrogen) atoms. The molecule has 0 saturated carbocycles. The van der Waals surface area contributed by atoms with Crippen molar-refractivity contribution in [1.82, 2.24) is 15.5 Å². The first-order chi connectivity index (χ1) is 9.58. The Morgan fingerprint density at radius 2 is 2.10 bits per heavy atom. The van der Waals surface area contributed by atoms with Gasteiger partial charge in [0.1, 0.15) is 0 Å². The first-order valence-corrected chi connectivity index (χ1v) is 7.87. The summed E-state index contributed by atoms with van der Waals surface area (Å²) in [4.78, 5) is 25.9. The molecular weight excluding hydrogens is 254 g/mol. The van der Waals surface area contributed by atoms with Crippen molar-refractivity contribution in [3.05, 3.63) is 0 Å². The van der Waals surface area contributed by atoms with E-state index < -0.39 is 0 Å². The van der Waals surface area contributed by atoms with E-state index in [1.165, 1.54) is 0 Å². The zero-order chi connectivity index (χ0) is 15.0. The average molecular weight is 283 g/mol. The topological polar surface area (TPSA) is 61.4 Å². The minimum Gasteiger partial charge on any atom is -0.354 e. The van der Waals surface area contributed by atoms with Gasteiger partial charge in [0.25, 0.3) is 0 Å². The Morgan fingerprint density at radius 3 is 2.75 bits per heavy atom. The first-order valence-electron chi connectivity index (χ1n) is 7.87. The molecule has 0 bridgehead atoms. The predicted octanol–water partition coefficient (Wildman–Crippen LogP) is 1.14. The van der Waals surface area contributed by atoms with Crippen LogP contribution in [0, 0.1) is 5.92 Å². The molecule has 116 valence electrons. The second kappa shape index (κ2) is 8.95. The van der Waals surface area contributed by atoms with Crippen molar-refractivity contribution in [3.63, 3.8) is 0 Å². The van der Waals surface area contributed by atoms with Crippen molar-refractivity contribution >= 4 is 11.8 Å². The van der Waals surface area contributed by atoms with Gasteiger partial charge in [-0.25, -0.2) is 0 Å². The third-order valence-corrected chi connectivity index (χ3v) is 3.74. The molecular formula is C15H29N3O2. The molecule has 0 aliphatic carbocycles. The van der Waals surface area contributed by atoms with Gasteiger partial charge in [0.2, 0.25) is 11.8 Å². The molecule has 0 radical (unpaired) electrons. The highest BCUT2D eigenvalue weighted by atomic mass is 16.2. The smallest absolute Gasteiger partial charge is 0.224 e. The molecule has 0 aromatic heterocycles. The molecule has 1 saturated heterocycles. The molecule has 0 aromatic carbocycles. The molecule has 0 spiro atoms. The zero-order valence-corrected chi connectivity index (χ0v) is 13.1. The van der Waals surface area contributed by atoms with E-state index in [-0.39, 0.29) is 23.8 Å². The van der Waals surface area contributed by atoms with Crippen LogP contribution < -0.4 is 10.6 Å². The molecule has 1 unspecified atom stereocenters. The molecule has 5 nitrogen and oxygen atoms in total. The average Bonchev–Trinajstić information content (AvgIpc) is 2.45. The maximum atomic E-state index is 12.2. The third kappa shape index (κ3) is 5.49. The lowest BCUT2D eigenvalue weighted by Crippen LogP contribution is -2.47. The van der Waals surface area contributed by atoms with Gasteiger partial charge < -0.3 is 15.5 Å². The summed E-state index contributed by atoms with van der Waals surface area (Å²) < 4.78 is 0. The number of hydrogen-bond acceptors (Lipinski definition) is 3. The molecule has 1 aliphatic heterocycles. The fourth-order valence-electron chi connectivity index (χ4n) is 2.61. The number of carbonyl (C=O) groups excluding carboxylic acids is 2. The molecule has 5 heteroatoms. The summed E-state index contributed by atoms with van der Waals surface area (Å²) >= 11 is 0. The summed E-state index contributed by atoms with van der Waals surface area (Å²) in [6, 6.07) is 0.283. The van der Waals surface area contributed by atoms with Crippen LogP contribution in [0.1, 0.15) is 46.5 Å². The van der Waals surface area contributed by atoms with E-state index in [1.807, 2.05) is 11.8 Å². The van der Waals surface area contributed by atoms with Crippen LogP contribution in [-0.2, 0) is 9.59 Å². The molecule has 0 aromatic rings. The quantitative estimate of drug-likeness (QED) is 0.736. The Hall–Kier alpha value is -1.10. The summed E-state index contributed by atoms with van der Waals surface area (Å²) in [6.45, 7) is 9.05. The Bertz CT molecular complexity index is 320. The lowest BCUT2D eigenvalue weighted by Gasteiger charge is -2.32. The lowest BCUT2D eigenvalue weighted by atomic mass is 9.96. The van der Waals surface area contributed by atoms with Crippen molar-refractivity contribution in [2.75, 3.05) is 26.2 Å². The van der Waals surface area contributed by atoms with Gasteiger partial charge in [-0.2, -0.15) is 0 Å². The Morgan fingerprint density at radius 1 is 1.35 bits per heavy atom. The number of likely N-dealkylation sites (N-methyl/N-ethyl adjacent to an activating group) is 1. The lowest BCUT2D eigenvalue weighted by molar-refractivity contribution is -0.135. The van der Waals surface area contributed by atoms with Gasteiger partial charge in [-0.05, 0) is 32.7 Å². The standard InChI is InChI=1S/C15H29N3O2/c1-4-7-14(19)18-9-6-8-13(11-18)15(20)17-10-12(3)16-5-2/h12-13,16H,4-11H2,1-3H3,(H,17,20)/t12-,13?/m1/s1. The normalized spacial score (nSPS) is 20.6. The van der Waals surface area contributed by atoms with E-state index >= 15 is 0 Å². The van der Waals surface area contributed by atoms with E-state index in [0.29, 0.717) is 19.5 Å². The number of carbonyl (C=O) groups is 2.